The van der Waals surface area contributed by atoms with Gasteiger partial charge in [-0.2, -0.15) is 0 Å². The van der Waals surface area contributed by atoms with E-state index >= 15 is 0 Å². The number of nitrogens with one attached hydrogen (secondary N) is 1. The Morgan fingerprint density at radius 2 is 1.64 bits per heavy atom. The number of hydrogen-bond acceptors (Lipinski definition) is 4. The molecule has 0 aliphatic carbocycles. The highest BCUT2D eigenvalue weighted by molar-refractivity contribution is 9.10. The van der Waals surface area contributed by atoms with E-state index in [0.29, 0.717) is 12.2 Å². The predicted octanol–water partition coefficient (Wildman–Crippen LogP) is 4.56. The molecular formula is C27H32BrN3O4S. The molecule has 9 heteroatoms. The number of fused-ring (bicyclic) bond motifs is 1. The quantitative estimate of drug-likeness (QED) is 0.385. The van der Waals surface area contributed by atoms with E-state index in [-0.39, 0.29) is 18.4 Å². The zero-order valence-electron chi connectivity index (χ0n) is 20.9. The Kier molecular flexibility index (Phi) is 9.13. The maximum absolute atomic E-state index is 13.7. The number of carbonyl (C=O) groups is 2. The van der Waals surface area contributed by atoms with E-state index < -0.39 is 28.5 Å². The van der Waals surface area contributed by atoms with E-state index in [0.717, 1.165) is 31.4 Å². The van der Waals surface area contributed by atoms with Crippen molar-refractivity contribution in [2.45, 2.75) is 33.4 Å². The first-order chi connectivity index (χ1) is 17.0. The van der Waals surface area contributed by atoms with Crippen molar-refractivity contribution in [3.05, 3.63) is 76.8 Å². The summed E-state index contributed by atoms with van der Waals surface area (Å²) >= 11 is 3.45. The van der Waals surface area contributed by atoms with Crippen LogP contribution in [0.4, 0.5) is 5.69 Å². The van der Waals surface area contributed by atoms with Crippen molar-refractivity contribution >= 4 is 54.2 Å². The first-order valence-corrected chi connectivity index (χ1v) is 14.4. The molecule has 36 heavy (non-hydrogen) atoms. The van der Waals surface area contributed by atoms with Crippen LogP contribution in [0.15, 0.2) is 71.2 Å². The molecule has 0 aromatic heterocycles. The van der Waals surface area contributed by atoms with Crippen LogP contribution in [0.5, 0.6) is 0 Å². The van der Waals surface area contributed by atoms with Crippen molar-refractivity contribution in [3.8, 4) is 0 Å². The zero-order chi connectivity index (χ0) is 26.5. The molecule has 3 aromatic carbocycles. The van der Waals surface area contributed by atoms with E-state index in [1.165, 1.54) is 4.90 Å². The standard InChI is InChI=1S/C27H32BrN3O4S/c1-19(2)16-29-27(33)20(3)30(17-21-9-7-12-23(28)15-21)26(32)18-31(36(4,34)35)25-14-8-11-22-10-5-6-13-24(22)25/h5-15,19-20H,16-18H2,1-4H3,(H,29,33)/t20-/m1/s1. The molecule has 192 valence electrons. The average molecular weight is 575 g/mol. The summed E-state index contributed by atoms with van der Waals surface area (Å²) in [5.74, 6) is -0.508. The molecule has 3 aromatic rings. The molecule has 1 N–H and O–H groups in total. The summed E-state index contributed by atoms with van der Waals surface area (Å²) in [7, 11) is -3.81. The third kappa shape index (κ3) is 7.07. The van der Waals surface area contributed by atoms with E-state index in [1.54, 1.807) is 19.1 Å². The Balaban J connectivity index is 1.97. The van der Waals surface area contributed by atoms with E-state index in [1.807, 2.05) is 68.4 Å². The van der Waals surface area contributed by atoms with Gasteiger partial charge in [0.15, 0.2) is 0 Å². The Morgan fingerprint density at radius 1 is 0.972 bits per heavy atom. The fourth-order valence-corrected chi connectivity index (χ4v) is 5.20. The van der Waals surface area contributed by atoms with Gasteiger partial charge in [0, 0.05) is 22.9 Å². The molecule has 0 radical (unpaired) electrons. The number of amides is 2. The second-order valence-corrected chi connectivity index (χ2v) is 12.1. The summed E-state index contributed by atoms with van der Waals surface area (Å²) in [5.41, 5.74) is 1.24. The summed E-state index contributed by atoms with van der Waals surface area (Å²) in [6.07, 6.45) is 1.08. The minimum absolute atomic E-state index is 0.154. The molecular weight excluding hydrogens is 542 g/mol. The van der Waals surface area contributed by atoms with Crippen LogP contribution in [-0.2, 0) is 26.2 Å². The highest BCUT2D eigenvalue weighted by atomic mass is 79.9. The number of sulfonamides is 1. The van der Waals surface area contributed by atoms with Crippen molar-refractivity contribution in [3.63, 3.8) is 0 Å². The van der Waals surface area contributed by atoms with Crippen LogP contribution in [0.2, 0.25) is 0 Å². The van der Waals surface area contributed by atoms with Crippen LogP contribution in [0.3, 0.4) is 0 Å². The third-order valence-corrected chi connectivity index (χ3v) is 7.43. The molecule has 0 aliphatic rings. The molecule has 3 rings (SSSR count). The topological polar surface area (TPSA) is 86.8 Å². The molecule has 0 saturated heterocycles. The summed E-state index contributed by atoms with van der Waals surface area (Å²) in [4.78, 5) is 28.1. The average Bonchev–Trinajstić information content (AvgIpc) is 2.83. The number of benzene rings is 3. The van der Waals surface area contributed by atoms with Crippen molar-refractivity contribution in [1.82, 2.24) is 10.2 Å². The number of carbonyl (C=O) groups excluding carboxylic acids is 2. The van der Waals surface area contributed by atoms with Crippen molar-refractivity contribution in [2.75, 3.05) is 23.7 Å². The minimum Gasteiger partial charge on any atom is -0.354 e. The summed E-state index contributed by atoms with van der Waals surface area (Å²) in [5, 5.41) is 4.47. The van der Waals surface area contributed by atoms with Gasteiger partial charge >= 0.3 is 0 Å². The fraction of sp³-hybridized carbons (Fsp3) is 0.333. The molecule has 0 fully saturated rings. The summed E-state index contributed by atoms with van der Waals surface area (Å²) in [6, 6.07) is 19.4. The molecule has 2 amide bonds. The van der Waals surface area contributed by atoms with Crippen LogP contribution in [0.1, 0.15) is 26.3 Å². The maximum Gasteiger partial charge on any atom is 0.244 e. The third-order valence-electron chi connectivity index (χ3n) is 5.81. The summed E-state index contributed by atoms with van der Waals surface area (Å²) < 4.78 is 27.7. The first kappa shape index (κ1) is 27.7. The van der Waals surface area contributed by atoms with Crippen LogP contribution in [0.25, 0.3) is 10.8 Å². The van der Waals surface area contributed by atoms with Crippen LogP contribution >= 0.6 is 15.9 Å². The largest absolute Gasteiger partial charge is 0.354 e. The fourth-order valence-electron chi connectivity index (χ4n) is 3.89. The van der Waals surface area contributed by atoms with Gasteiger partial charge in [0.1, 0.15) is 12.6 Å². The number of hydrogen-bond donors (Lipinski definition) is 1. The lowest BCUT2D eigenvalue weighted by Crippen LogP contribution is -2.51. The van der Waals surface area contributed by atoms with Gasteiger partial charge in [0.05, 0.1) is 11.9 Å². The second kappa shape index (κ2) is 11.9. The van der Waals surface area contributed by atoms with Gasteiger partial charge in [0.2, 0.25) is 21.8 Å². The second-order valence-electron chi connectivity index (χ2n) is 9.23. The van der Waals surface area contributed by atoms with Gasteiger partial charge in [-0.25, -0.2) is 8.42 Å². The van der Waals surface area contributed by atoms with Crippen LogP contribution in [0, 0.1) is 5.92 Å². The van der Waals surface area contributed by atoms with Gasteiger partial charge in [0.25, 0.3) is 0 Å². The van der Waals surface area contributed by atoms with Gasteiger partial charge in [-0.3, -0.25) is 13.9 Å². The SMILES string of the molecule is CC(C)CNC(=O)[C@@H](C)N(Cc1cccc(Br)c1)C(=O)CN(c1cccc2ccccc12)S(C)(=O)=O. The highest BCUT2D eigenvalue weighted by Gasteiger charge is 2.30. The number of anilines is 1. The molecule has 1 atom stereocenters. The summed E-state index contributed by atoms with van der Waals surface area (Å²) in [6.45, 7) is 5.85. The minimum atomic E-state index is -3.81. The van der Waals surface area contributed by atoms with Crippen molar-refractivity contribution in [1.29, 1.82) is 0 Å². The molecule has 0 aliphatic heterocycles. The van der Waals surface area contributed by atoms with Gasteiger partial charge in [-0.05, 0) is 42.0 Å². The monoisotopic (exact) mass is 573 g/mol. The van der Waals surface area contributed by atoms with E-state index in [2.05, 4.69) is 21.2 Å². The molecule has 0 unspecified atom stereocenters. The molecule has 0 bridgehead atoms. The van der Waals surface area contributed by atoms with Crippen LogP contribution < -0.4 is 9.62 Å². The maximum atomic E-state index is 13.7. The van der Waals surface area contributed by atoms with Gasteiger partial charge in [-0.15, -0.1) is 0 Å². The number of halogens is 1. The molecule has 0 saturated carbocycles. The number of nitrogens with zero attached hydrogens (tertiary/aromatic N) is 2. The smallest absolute Gasteiger partial charge is 0.244 e. The lowest BCUT2D eigenvalue weighted by Gasteiger charge is -2.32. The van der Waals surface area contributed by atoms with Crippen molar-refractivity contribution in [2.24, 2.45) is 5.92 Å². The molecule has 0 spiro atoms. The first-order valence-electron chi connectivity index (χ1n) is 11.7. The number of rotatable bonds is 10. The normalized spacial score (nSPS) is 12.4. The Hall–Kier alpha value is -2.91. The Morgan fingerprint density at radius 3 is 2.31 bits per heavy atom. The highest BCUT2D eigenvalue weighted by Crippen LogP contribution is 2.28. The van der Waals surface area contributed by atoms with Gasteiger partial charge < -0.3 is 10.2 Å². The Labute approximate surface area is 221 Å². The molecule has 7 nitrogen and oxygen atoms in total. The van der Waals surface area contributed by atoms with Crippen molar-refractivity contribution < 1.29 is 18.0 Å². The lowest BCUT2D eigenvalue weighted by molar-refractivity contribution is -0.139. The van der Waals surface area contributed by atoms with Gasteiger partial charge in [-0.1, -0.05) is 78.3 Å². The Bertz CT molecular complexity index is 1340. The predicted molar refractivity (Wildman–Crippen MR) is 148 cm³/mol. The lowest BCUT2D eigenvalue weighted by atomic mass is 10.1. The van der Waals surface area contributed by atoms with E-state index in [4.69, 9.17) is 0 Å². The van der Waals surface area contributed by atoms with Crippen LogP contribution in [-0.4, -0.2) is 50.5 Å². The van der Waals surface area contributed by atoms with E-state index in [9.17, 15) is 18.0 Å². The zero-order valence-corrected chi connectivity index (χ0v) is 23.3. The molecule has 0 heterocycles.